The van der Waals surface area contributed by atoms with E-state index in [1.807, 2.05) is 36.1 Å². The van der Waals surface area contributed by atoms with Crippen molar-refractivity contribution < 1.29 is 14.3 Å². The Balaban J connectivity index is 1.66. The first kappa shape index (κ1) is 15.0. The molecule has 2 fully saturated rings. The summed E-state index contributed by atoms with van der Waals surface area (Å²) in [6.45, 7) is 3.90. The van der Waals surface area contributed by atoms with Gasteiger partial charge >= 0.3 is 0 Å². The summed E-state index contributed by atoms with van der Waals surface area (Å²) < 4.78 is 5.56. The Kier molecular flexibility index (Phi) is 4.16. The molecule has 5 nitrogen and oxygen atoms in total. The molecule has 0 aliphatic carbocycles. The van der Waals surface area contributed by atoms with E-state index in [1.165, 1.54) is 0 Å². The van der Waals surface area contributed by atoms with Gasteiger partial charge in [0.05, 0.1) is 0 Å². The van der Waals surface area contributed by atoms with E-state index in [2.05, 4.69) is 5.32 Å². The Hall–Kier alpha value is -1.88. The van der Waals surface area contributed by atoms with Gasteiger partial charge in [-0.2, -0.15) is 0 Å². The first-order valence-electron chi connectivity index (χ1n) is 7.89. The molecule has 2 heterocycles. The third-order valence-electron chi connectivity index (χ3n) is 4.43. The second-order valence-electron chi connectivity index (χ2n) is 6.26. The summed E-state index contributed by atoms with van der Waals surface area (Å²) in [5, 5.41) is 2.93. The fraction of sp³-hybridized carbons (Fsp3) is 0.529. The number of benzene rings is 1. The van der Waals surface area contributed by atoms with Crippen molar-refractivity contribution in [1.82, 2.24) is 4.90 Å². The van der Waals surface area contributed by atoms with Crippen LogP contribution in [0.4, 0.5) is 5.69 Å². The lowest BCUT2D eigenvalue weighted by molar-refractivity contribution is -0.133. The van der Waals surface area contributed by atoms with Gasteiger partial charge in [-0.05, 0) is 43.9 Å². The number of hydrogen-bond acceptors (Lipinski definition) is 3. The zero-order valence-electron chi connectivity index (χ0n) is 12.9. The maximum atomic E-state index is 12.3. The van der Waals surface area contributed by atoms with Crippen molar-refractivity contribution in [2.75, 3.05) is 18.5 Å². The van der Waals surface area contributed by atoms with Gasteiger partial charge in [0.15, 0.2) is 0 Å². The molecule has 1 aromatic rings. The first-order valence-corrected chi connectivity index (χ1v) is 7.89. The van der Waals surface area contributed by atoms with E-state index in [0.717, 1.165) is 37.1 Å². The second-order valence-corrected chi connectivity index (χ2v) is 6.26. The van der Waals surface area contributed by atoms with Crippen molar-refractivity contribution >= 4 is 17.5 Å². The van der Waals surface area contributed by atoms with Crippen molar-refractivity contribution in [3.8, 4) is 0 Å². The third-order valence-corrected chi connectivity index (χ3v) is 4.43. The lowest BCUT2D eigenvalue weighted by atomic mass is 10.0. The molecule has 0 radical (unpaired) electrons. The topological polar surface area (TPSA) is 58.6 Å². The van der Waals surface area contributed by atoms with E-state index in [0.29, 0.717) is 19.6 Å². The zero-order chi connectivity index (χ0) is 15.6. The number of ether oxygens (including phenoxy) is 1. The van der Waals surface area contributed by atoms with Crippen LogP contribution in [0.3, 0.4) is 0 Å². The van der Waals surface area contributed by atoms with Gasteiger partial charge in [-0.3, -0.25) is 9.59 Å². The van der Waals surface area contributed by atoms with Gasteiger partial charge < -0.3 is 15.0 Å². The van der Waals surface area contributed by atoms with Crippen LogP contribution in [0.1, 0.15) is 38.2 Å². The maximum absolute atomic E-state index is 12.3. The first-order chi connectivity index (χ1) is 10.6. The molecule has 2 amide bonds. The molecular weight excluding hydrogens is 280 g/mol. The summed E-state index contributed by atoms with van der Waals surface area (Å²) in [6.07, 6.45) is 3.25. The molecule has 0 bridgehead atoms. The summed E-state index contributed by atoms with van der Waals surface area (Å²) in [4.78, 5) is 25.9. The van der Waals surface area contributed by atoms with E-state index in [-0.39, 0.29) is 11.8 Å². The number of rotatable bonds is 4. The minimum Gasteiger partial charge on any atom is -0.365 e. The molecule has 1 atom stereocenters. The molecule has 0 saturated carbocycles. The Morgan fingerprint density at radius 2 is 2.27 bits per heavy atom. The second kappa shape index (κ2) is 6.08. The summed E-state index contributed by atoms with van der Waals surface area (Å²) in [6, 6.07) is 7.69. The van der Waals surface area contributed by atoms with Crippen LogP contribution in [0.2, 0.25) is 0 Å². The van der Waals surface area contributed by atoms with Gasteiger partial charge in [0.1, 0.15) is 5.60 Å². The number of hydrogen-bond donors (Lipinski definition) is 1. The number of nitrogens with zero attached hydrogens (tertiary/aromatic N) is 1. The number of carbonyl (C=O) groups is 2. The molecule has 0 spiro atoms. The summed E-state index contributed by atoms with van der Waals surface area (Å²) in [5.41, 5.74) is 1.07. The highest BCUT2D eigenvalue weighted by Crippen LogP contribution is 2.27. The average Bonchev–Trinajstić information content (AvgIpc) is 3.10. The smallest absolute Gasteiger partial charge is 0.256 e. The van der Waals surface area contributed by atoms with Gasteiger partial charge in [-0.25, -0.2) is 0 Å². The van der Waals surface area contributed by atoms with Crippen molar-refractivity contribution in [3.05, 3.63) is 29.8 Å². The molecule has 1 N–H and O–H groups in total. The van der Waals surface area contributed by atoms with Crippen LogP contribution in [0.25, 0.3) is 0 Å². The summed E-state index contributed by atoms with van der Waals surface area (Å²) in [7, 11) is 0. The third kappa shape index (κ3) is 3.14. The normalized spacial score (nSPS) is 24.8. The van der Waals surface area contributed by atoms with Gasteiger partial charge in [0, 0.05) is 31.8 Å². The fourth-order valence-corrected chi connectivity index (χ4v) is 3.06. The van der Waals surface area contributed by atoms with Crippen molar-refractivity contribution in [2.45, 2.75) is 44.8 Å². The Labute approximate surface area is 130 Å². The van der Waals surface area contributed by atoms with Crippen LogP contribution in [0, 0.1) is 0 Å². The summed E-state index contributed by atoms with van der Waals surface area (Å²) in [5.74, 6) is 0.112. The molecule has 2 aliphatic heterocycles. The maximum Gasteiger partial charge on any atom is 0.256 e. The molecule has 2 aliphatic rings. The van der Waals surface area contributed by atoms with Crippen molar-refractivity contribution in [1.29, 1.82) is 0 Å². The van der Waals surface area contributed by atoms with Crippen LogP contribution in [0.15, 0.2) is 24.3 Å². The SMILES string of the molecule is C[C@@]1(C(=O)Nc2cccc(CN3CCCC3=O)c2)CCCO1. The van der Waals surface area contributed by atoms with Crippen molar-refractivity contribution in [3.63, 3.8) is 0 Å². The number of nitrogens with one attached hydrogen (secondary N) is 1. The van der Waals surface area contributed by atoms with Crippen LogP contribution in [0.5, 0.6) is 0 Å². The highest BCUT2D eigenvalue weighted by Gasteiger charge is 2.37. The zero-order valence-corrected chi connectivity index (χ0v) is 12.9. The lowest BCUT2D eigenvalue weighted by Crippen LogP contribution is -2.39. The number of likely N-dealkylation sites (tertiary alicyclic amines) is 1. The Morgan fingerprint density at radius 1 is 1.41 bits per heavy atom. The quantitative estimate of drug-likeness (QED) is 0.928. The molecule has 0 unspecified atom stereocenters. The molecule has 0 aromatic heterocycles. The predicted octanol–water partition coefficient (Wildman–Crippen LogP) is 2.32. The van der Waals surface area contributed by atoms with Crippen LogP contribution in [-0.2, 0) is 20.9 Å². The molecule has 22 heavy (non-hydrogen) atoms. The van der Waals surface area contributed by atoms with E-state index in [1.54, 1.807) is 0 Å². The van der Waals surface area contributed by atoms with Gasteiger partial charge in [-0.15, -0.1) is 0 Å². The Morgan fingerprint density at radius 3 is 2.95 bits per heavy atom. The van der Waals surface area contributed by atoms with Crippen LogP contribution >= 0.6 is 0 Å². The van der Waals surface area contributed by atoms with Crippen LogP contribution in [-0.4, -0.2) is 35.5 Å². The van der Waals surface area contributed by atoms with E-state index >= 15 is 0 Å². The molecular formula is C17H22N2O3. The van der Waals surface area contributed by atoms with Gasteiger partial charge in [-0.1, -0.05) is 12.1 Å². The molecule has 118 valence electrons. The number of amides is 2. The number of anilines is 1. The standard InChI is InChI=1S/C17H22N2O3/c1-17(8-4-10-22-17)16(21)18-14-6-2-5-13(11-14)12-19-9-3-7-15(19)20/h2,5-6,11H,3-4,7-10,12H2,1H3,(H,18,21)/t17-/m0/s1. The predicted molar refractivity (Wildman–Crippen MR) is 83.3 cm³/mol. The molecule has 5 heteroatoms. The minimum atomic E-state index is -0.721. The van der Waals surface area contributed by atoms with Crippen LogP contribution < -0.4 is 5.32 Å². The lowest BCUT2D eigenvalue weighted by Gasteiger charge is -2.22. The van der Waals surface area contributed by atoms with Gasteiger partial charge in [0.25, 0.3) is 5.91 Å². The van der Waals surface area contributed by atoms with E-state index in [4.69, 9.17) is 4.74 Å². The average molecular weight is 302 g/mol. The largest absolute Gasteiger partial charge is 0.365 e. The fourth-order valence-electron chi connectivity index (χ4n) is 3.06. The monoisotopic (exact) mass is 302 g/mol. The van der Waals surface area contributed by atoms with Crippen molar-refractivity contribution in [2.24, 2.45) is 0 Å². The minimum absolute atomic E-state index is 0.0978. The molecule has 1 aromatic carbocycles. The van der Waals surface area contributed by atoms with Gasteiger partial charge in [0.2, 0.25) is 5.91 Å². The summed E-state index contributed by atoms with van der Waals surface area (Å²) >= 11 is 0. The number of carbonyl (C=O) groups excluding carboxylic acids is 2. The van der Waals surface area contributed by atoms with E-state index in [9.17, 15) is 9.59 Å². The highest BCUT2D eigenvalue weighted by molar-refractivity contribution is 5.97. The highest BCUT2D eigenvalue weighted by atomic mass is 16.5. The van der Waals surface area contributed by atoms with E-state index < -0.39 is 5.60 Å². The molecule has 2 saturated heterocycles. The molecule has 3 rings (SSSR count). The Bertz CT molecular complexity index is 579.